The molecule has 3 rings (SSSR count). The van der Waals surface area contributed by atoms with Gasteiger partial charge in [0.25, 0.3) is 0 Å². The molecule has 31 heavy (non-hydrogen) atoms. The van der Waals surface area contributed by atoms with Gasteiger partial charge >= 0.3 is 6.09 Å². The number of aromatic nitrogens is 2. The Labute approximate surface area is 190 Å². The first-order valence-electron chi connectivity index (χ1n) is 11.0. The second kappa shape index (κ2) is 9.43. The minimum atomic E-state index is -0.487. The highest BCUT2D eigenvalue weighted by atomic mass is 35.5. The summed E-state index contributed by atoms with van der Waals surface area (Å²) in [5.41, 5.74) is 5.09. The third kappa shape index (κ3) is 5.48. The molecule has 0 N–H and O–H groups in total. The lowest BCUT2D eigenvalue weighted by Crippen LogP contribution is -2.41. The van der Waals surface area contributed by atoms with Gasteiger partial charge in [-0.25, -0.2) is 14.8 Å². The van der Waals surface area contributed by atoms with Crippen LogP contribution in [0.4, 0.5) is 10.5 Å². The van der Waals surface area contributed by atoms with Gasteiger partial charge in [0, 0.05) is 43.0 Å². The van der Waals surface area contributed by atoms with Crippen LogP contribution in [0.5, 0.6) is 0 Å². The first-order valence-corrected chi connectivity index (χ1v) is 11.4. The van der Waals surface area contributed by atoms with Crippen LogP contribution in [-0.4, -0.2) is 52.2 Å². The number of aryl methyl sites for hydroxylation is 1. The summed E-state index contributed by atoms with van der Waals surface area (Å²) in [6.45, 7) is 14.4. The zero-order chi connectivity index (χ0) is 22.8. The number of benzene rings is 1. The molecular formula is C24H33ClN4O2. The summed E-state index contributed by atoms with van der Waals surface area (Å²) in [4.78, 5) is 25.2. The topological polar surface area (TPSA) is 58.6 Å². The Bertz CT molecular complexity index is 942. The Morgan fingerprint density at radius 3 is 2.61 bits per heavy atom. The SMILES string of the molecule is CCc1cc(-c2cc(Cl)ncn2)cc(N(CC)C2CCN(C(=O)OC(C)(C)C)C2)c1C. The summed E-state index contributed by atoms with van der Waals surface area (Å²) in [5, 5.41) is 0.432. The molecule has 0 radical (unpaired) electrons. The molecule has 168 valence electrons. The highest BCUT2D eigenvalue weighted by Crippen LogP contribution is 2.34. The summed E-state index contributed by atoms with van der Waals surface area (Å²) in [6.07, 6.45) is 3.10. The lowest BCUT2D eigenvalue weighted by molar-refractivity contribution is 0.0292. The van der Waals surface area contributed by atoms with E-state index in [1.165, 1.54) is 23.1 Å². The molecule has 1 aliphatic rings. The molecule has 1 fully saturated rings. The average Bonchev–Trinajstić information content (AvgIpc) is 3.18. The van der Waals surface area contributed by atoms with Gasteiger partial charge in [-0.05, 0) is 70.7 Å². The largest absolute Gasteiger partial charge is 0.444 e. The summed E-state index contributed by atoms with van der Waals surface area (Å²) in [5.74, 6) is 0. The van der Waals surface area contributed by atoms with E-state index >= 15 is 0 Å². The van der Waals surface area contributed by atoms with Crippen LogP contribution in [0.2, 0.25) is 5.15 Å². The maximum Gasteiger partial charge on any atom is 0.410 e. The average molecular weight is 445 g/mol. The van der Waals surface area contributed by atoms with Gasteiger partial charge in [-0.1, -0.05) is 18.5 Å². The van der Waals surface area contributed by atoms with Crippen LogP contribution in [0, 0.1) is 6.92 Å². The maximum atomic E-state index is 12.6. The van der Waals surface area contributed by atoms with Gasteiger partial charge in [0.05, 0.1) is 5.69 Å². The van der Waals surface area contributed by atoms with Gasteiger partial charge in [-0.15, -0.1) is 0 Å². The molecule has 1 atom stereocenters. The second-order valence-electron chi connectivity index (χ2n) is 9.01. The molecule has 1 saturated heterocycles. The number of likely N-dealkylation sites (N-methyl/N-ethyl adjacent to an activating group) is 1. The highest BCUT2D eigenvalue weighted by molar-refractivity contribution is 6.29. The van der Waals surface area contributed by atoms with Gasteiger partial charge in [0.15, 0.2) is 0 Å². The van der Waals surface area contributed by atoms with E-state index in [9.17, 15) is 4.79 Å². The fourth-order valence-electron chi connectivity index (χ4n) is 4.18. The predicted octanol–water partition coefficient (Wildman–Crippen LogP) is 5.50. The van der Waals surface area contributed by atoms with Crippen molar-refractivity contribution in [3.05, 3.63) is 40.8 Å². The number of rotatable bonds is 5. The summed E-state index contributed by atoms with van der Waals surface area (Å²) < 4.78 is 5.58. The van der Waals surface area contributed by atoms with Crippen molar-refractivity contribution in [2.75, 3.05) is 24.5 Å². The molecule has 0 saturated carbocycles. The van der Waals surface area contributed by atoms with E-state index in [1.54, 1.807) is 6.07 Å². The molecule has 2 aromatic rings. The molecule has 0 spiro atoms. The van der Waals surface area contributed by atoms with Crippen molar-refractivity contribution >= 4 is 23.4 Å². The second-order valence-corrected chi connectivity index (χ2v) is 9.40. The van der Waals surface area contributed by atoms with Gasteiger partial charge in [-0.2, -0.15) is 0 Å². The summed E-state index contributed by atoms with van der Waals surface area (Å²) in [6, 6.07) is 6.41. The van der Waals surface area contributed by atoms with E-state index < -0.39 is 5.60 Å². The maximum absolute atomic E-state index is 12.6. The fourth-order valence-corrected chi connectivity index (χ4v) is 4.32. The van der Waals surface area contributed by atoms with E-state index in [0.29, 0.717) is 18.2 Å². The van der Waals surface area contributed by atoms with Gasteiger partial charge in [0.1, 0.15) is 17.1 Å². The minimum absolute atomic E-state index is 0.235. The third-order valence-electron chi connectivity index (χ3n) is 5.70. The number of hydrogen-bond acceptors (Lipinski definition) is 5. The Hall–Kier alpha value is -2.34. The Kier molecular flexibility index (Phi) is 7.10. The van der Waals surface area contributed by atoms with Crippen LogP contribution in [-0.2, 0) is 11.2 Å². The molecule has 1 aromatic carbocycles. The lowest BCUT2D eigenvalue weighted by atomic mass is 9.97. The van der Waals surface area contributed by atoms with Crippen molar-refractivity contribution in [2.45, 2.75) is 66.0 Å². The molecule has 0 bridgehead atoms. The van der Waals surface area contributed by atoms with E-state index in [1.807, 2.05) is 25.7 Å². The van der Waals surface area contributed by atoms with Gasteiger partial charge < -0.3 is 14.5 Å². The normalized spacial score (nSPS) is 16.5. The van der Waals surface area contributed by atoms with Crippen LogP contribution in [0.15, 0.2) is 24.5 Å². The quantitative estimate of drug-likeness (QED) is 0.569. The number of ether oxygens (including phenoxy) is 1. The number of hydrogen-bond donors (Lipinski definition) is 0. The van der Waals surface area contributed by atoms with Crippen molar-refractivity contribution in [3.63, 3.8) is 0 Å². The Morgan fingerprint density at radius 2 is 2.00 bits per heavy atom. The highest BCUT2D eigenvalue weighted by Gasteiger charge is 2.33. The van der Waals surface area contributed by atoms with Crippen LogP contribution in [0.1, 0.15) is 52.2 Å². The molecular weight excluding hydrogens is 412 g/mol. The standard InChI is InChI=1S/C24H33ClN4O2/c1-7-17-11-18(20-13-22(25)27-15-26-20)12-21(16(17)3)29(8-2)19-9-10-28(14-19)23(30)31-24(4,5)6/h11-13,15,19H,7-10,14H2,1-6H3. The van der Waals surface area contributed by atoms with Crippen LogP contribution >= 0.6 is 11.6 Å². The van der Waals surface area contributed by atoms with Gasteiger partial charge in [-0.3, -0.25) is 0 Å². The van der Waals surface area contributed by atoms with E-state index in [0.717, 1.165) is 30.6 Å². The predicted molar refractivity (Wildman–Crippen MR) is 126 cm³/mol. The number of carbonyl (C=O) groups excluding carboxylic acids is 1. The molecule has 7 heteroatoms. The molecule has 6 nitrogen and oxygen atoms in total. The van der Waals surface area contributed by atoms with Gasteiger partial charge in [0.2, 0.25) is 0 Å². The van der Waals surface area contributed by atoms with Crippen molar-refractivity contribution in [3.8, 4) is 11.3 Å². The van der Waals surface area contributed by atoms with Crippen molar-refractivity contribution in [2.24, 2.45) is 0 Å². The number of halogens is 1. The zero-order valence-electron chi connectivity index (χ0n) is 19.4. The number of amides is 1. The monoisotopic (exact) mass is 444 g/mol. The molecule has 1 aliphatic heterocycles. The smallest absolute Gasteiger partial charge is 0.410 e. The van der Waals surface area contributed by atoms with E-state index in [2.05, 4.69) is 47.8 Å². The lowest BCUT2D eigenvalue weighted by Gasteiger charge is -2.33. The van der Waals surface area contributed by atoms with E-state index in [4.69, 9.17) is 16.3 Å². The summed E-state index contributed by atoms with van der Waals surface area (Å²) in [7, 11) is 0. The van der Waals surface area contributed by atoms with Crippen LogP contribution in [0.3, 0.4) is 0 Å². The minimum Gasteiger partial charge on any atom is -0.444 e. The molecule has 1 amide bonds. The van der Waals surface area contributed by atoms with E-state index in [-0.39, 0.29) is 12.1 Å². The molecule has 2 heterocycles. The number of likely N-dealkylation sites (tertiary alicyclic amines) is 1. The first-order chi connectivity index (χ1) is 14.6. The zero-order valence-corrected chi connectivity index (χ0v) is 20.2. The van der Waals surface area contributed by atoms with Crippen LogP contribution < -0.4 is 4.90 Å². The molecule has 1 aromatic heterocycles. The van der Waals surface area contributed by atoms with Crippen LogP contribution in [0.25, 0.3) is 11.3 Å². The number of carbonyl (C=O) groups is 1. The Morgan fingerprint density at radius 1 is 1.26 bits per heavy atom. The molecule has 1 unspecified atom stereocenters. The Balaban J connectivity index is 1.91. The first kappa shape index (κ1) is 23.3. The third-order valence-corrected chi connectivity index (χ3v) is 5.91. The fraction of sp³-hybridized carbons (Fsp3) is 0.542. The van der Waals surface area contributed by atoms with Crippen molar-refractivity contribution in [1.82, 2.24) is 14.9 Å². The molecule has 0 aliphatic carbocycles. The summed E-state index contributed by atoms with van der Waals surface area (Å²) >= 11 is 6.11. The van der Waals surface area contributed by atoms with Crippen molar-refractivity contribution in [1.29, 1.82) is 0 Å². The number of nitrogens with zero attached hydrogens (tertiary/aromatic N) is 4. The number of anilines is 1. The van der Waals surface area contributed by atoms with Crippen molar-refractivity contribution < 1.29 is 9.53 Å².